The molecule has 0 aliphatic carbocycles. The first kappa shape index (κ1) is 20.8. The summed E-state index contributed by atoms with van der Waals surface area (Å²) in [5.41, 5.74) is 2.69. The van der Waals surface area contributed by atoms with Gasteiger partial charge in [-0.2, -0.15) is 4.31 Å². The predicted octanol–water partition coefficient (Wildman–Crippen LogP) is 3.15. The van der Waals surface area contributed by atoms with Gasteiger partial charge in [0.2, 0.25) is 10.0 Å². The highest BCUT2D eigenvalue weighted by Gasteiger charge is 2.28. The van der Waals surface area contributed by atoms with Crippen LogP contribution in [0.15, 0.2) is 41.3 Å². The summed E-state index contributed by atoms with van der Waals surface area (Å²) in [5.74, 6) is -0.433. The second-order valence-corrected chi connectivity index (χ2v) is 9.42. The number of rotatable bonds is 4. The number of sulfonamides is 1. The highest BCUT2D eigenvalue weighted by molar-refractivity contribution is 7.89. The van der Waals surface area contributed by atoms with Crippen LogP contribution in [0.3, 0.4) is 0 Å². The Morgan fingerprint density at radius 2 is 1.64 bits per heavy atom. The number of carbonyl (C=O) groups is 1. The molecule has 1 aliphatic heterocycles. The number of benzene rings is 2. The lowest BCUT2D eigenvalue weighted by atomic mass is 10.1. The van der Waals surface area contributed by atoms with Crippen molar-refractivity contribution in [2.24, 2.45) is 0 Å². The van der Waals surface area contributed by atoms with Gasteiger partial charge in [0.05, 0.1) is 15.5 Å². The van der Waals surface area contributed by atoms with Crippen molar-refractivity contribution in [3.05, 3.63) is 58.1 Å². The van der Waals surface area contributed by atoms with Gasteiger partial charge in [-0.25, -0.2) is 8.42 Å². The molecule has 28 heavy (non-hydrogen) atoms. The summed E-state index contributed by atoms with van der Waals surface area (Å²) in [6.45, 7) is 5.99. The predicted molar refractivity (Wildman–Crippen MR) is 112 cm³/mol. The van der Waals surface area contributed by atoms with E-state index in [1.807, 2.05) is 39.1 Å². The van der Waals surface area contributed by atoms with Crippen LogP contribution in [-0.2, 0) is 10.0 Å². The maximum absolute atomic E-state index is 13.0. The van der Waals surface area contributed by atoms with Crippen molar-refractivity contribution in [3.63, 3.8) is 0 Å². The van der Waals surface area contributed by atoms with E-state index in [9.17, 15) is 13.2 Å². The largest absolute Gasteiger partial charge is 0.321 e. The maximum Gasteiger partial charge on any atom is 0.257 e. The molecule has 1 fully saturated rings. The van der Waals surface area contributed by atoms with E-state index >= 15 is 0 Å². The van der Waals surface area contributed by atoms with Gasteiger partial charge in [0.25, 0.3) is 5.91 Å². The maximum atomic E-state index is 13.0. The standard InChI is InChI=1S/C20H24ClN3O3S/c1-14-5-4-6-15(2)19(14)22-20(25)17-13-16(7-8-18(17)21)28(26,27)24-11-9-23(3)10-12-24/h4-8,13H,9-12H2,1-3H3,(H,22,25). The molecule has 0 radical (unpaired) electrons. The number of amides is 1. The van der Waals surface area contributed by atoms with Gasteiger partial charge in [0, 0.05) is 31.9 Å². The van der Waals surface area contributed by atoms with E-state index in [0.29, 0.717) is 31.9 Å². The fourth-order valence-corrected chi connectivity index (χ4v) is 4.86. The van der Waals surface area contributed by atoms with Crippen LogP contribution >= 0.6 is 11.6 Å². The number of nitrogens with zero attached hydrogens (tertiary/aromatic N) is 2. The topological polar surface area (TPSA) is 69.7 Å². The number of hydrogen-bond donors (Lipinski definition) is 1. The molecule has 3 rings (SSSR count). The molecule has 6 nitrogen and oxygen atoms in total. The average molecular weight is 422 g/mol. The zero-order valence-corrected chi connectivity index (χ0v) is 17.8. The van der Waals surface area contributed by atoms with Crippen molar-refractivity contribution in [3.8, 4) is 0 Å². The second kappa shape index (κ2) is 8.21. The van der Waals surface area contributed by atoms with Gasteiger partial charge in [0.15, 0.2) is 0 Å². The number of anilines is 1. The minimum absolute atomic E-state index is 0.0770. The van der Waals surface area contributed by atoms with E-state index in [2.05, 4.69) is 10.2 Å². The Bertz CT molecular complexity index is 980. The first-order valence-corrected chi connectivity index (χ1v) is 10.9. The van der Waals surface area contributed by atoms with Gasteiger partial charge in [-0.05, 0) is 50.2 Å². The molecule has 0 aromatic heterocycles. The summed E-state index contributed by atoms with van der Waals surface area (Å²) in [4.78, 5) is 15.0. The Hall–Kier alpha value is -1.93. The molecule has 0 saturated carbocycles. The molecule has 0 unspecified atom stereocenters. The van der Waals surface area contributed by atoms with Crippen LogP contribution in [0.2, 0.25) is 5.02 Å². The van der Waals surface area contributed by atoms with Crippen molar-refractivity contribution >= 4 is 33.2 Å². The molecule has 1 amide bonds. The third-order valence-electron chi connectivity index (χ3n) is 5.00. The highest BCUT2D eigenvalue weighted by Crippen LogP contribution is 2.26. The van der Waals surface area contributed by atoms with E-state index in [-0.39, 0.29) is 15.5 Å². The van der Waals surface area contributed by atoms with E-state index < -0.39 is 15.9 Å². The summed E-state index contributed by atoms with van der Waals surface area (Å²) in [5, 5.41) is 3.07. The minimum atomic E-state index is -3.68. The monoisotopic (exact) mass is 421 g/mol. The molecule has 8 heteroatoms. The molecular formula is C20H24ClN3O3S. The fourth-order valence-electron chi connectivity index (χ4n) is 3.21. The molecule has 150 valence electrons. The van der Waals surface area contributed by atoms with Gasteiger partial charge in [-0.15, -0.1) is 0 Å². The van der Waals surface area contributed by atoms with Crippen LogP contribution in [0.1, 0.15) is 21.5 Å². The number of carbonyl (C=O) groups excluding carboxylic acids is 1. The normalized spacial score (nSPS) is 16.1. The molecule has 1 N–H and O–H groups in total. The quantitative estimate of drug-likeness (QED) is 0.823. The lowest BCUT2D eigenvalue weighted by Gasteiger charge is -2.31. The first-order chi connectivity index (χ1) is 13.2. The first-order valence-electron chi connectivity index (χ1n) is 9.06. The molecule has 1 aliphatic rings. The highest BCUT2D eigenvalue weighted by atomic mass is 35.5. The molecule has 2 aromatic rings. The number of para-hydroxylation sites is 1. The van der Waals surface area contributed by atoms with Crippen LogP contribution < -0.4 is 5.32 Å². The van der Waals surface area contributed by atoms with Crippen LogP contribution in [0.25, 0.3) is 0 Å². The van der Waals surface area contributed by atoms with Gasteiger partial charge in [0.1, 0.15) is 0 Å². The number of halogens is 1. The van der Waals surface area contributed by atoms with Crippen LogP contribution in [0.5, 0.6) is 0 Å². The number of aryl methyl sites for hydroxylation is 2. The summed E-state index contributed by atoms with van der Waals surface area (Å²) in [6.07, 6.45) is 0. The SMILES string of the molecule is Cc1cccc(C)c1NC(=O)c1cc(S(=O)(=O)N2CCN(C)CC2)ccc1Cl. The van der Waals surface area contributed by atoms with E-state index in [1.54, 1.807) is 0 Å². The third-order valence-corrected chi connectivity index (χ3v) is 7.23. The number of nitrogens with one attached hydrogen (secondary N) is 1. The summed E-state index contributed by atoms with van der Waals surface area (Å²) in [7, 11) is -1.72. The van der Waals surface area contributed by atoms with Gasteiger partial charge in [-0.3, -0.25) is 4.79 Å². The van der Waals surface area contributed by atoms with Crippen molar-refractivity contribution in [1.82, 2.24) is 9.21 Å². The van der Waals surface area contributed by atoms with Crippen molar-refractivity contribution < 1.29 is 13.2 Å². The second-order valence-electron chi connectivity index (χ2n) is 7.07. The van der Waals surface area contributed by atoms with Crippen LogP contribution in [-0.4, -0.2) is 56.8 Å². The molecule has 2 aromatic carbocycles. The Morgan fingerprint density at radius 1 is 1.04 bits per heavy atom. The Balaban J connectivity index is 1.90. The van der Waals surface area contributed by atoms with E-state index in [0.717, 1.165) is 11.1 Å². The zero-order valence-electron chi connectivity index (χ0n) is 16.2. The fraction of sp³-hybridized carbons (Fsp3) is 0.350. The average Bonchev–Trinajstić information content (AvgIpc) is 2.65. The zero-order chi connectivity index (χ0) is 20.5. The Labute approximate surface area is 171 Å². The van der Waals surface area contributed by atoms with Crippen molar-refractivity contribution in [1.29, 1.82) is 0 Å². The van der Waals surface area contributed by atoms with Gasteiger partial charge in [-0.1, -0.05) is 29.8 Å². The molecule has 1 saturated heterocycles. The smallest absolute Gasteiger partial charge is 0.257 e. The molecule has 1 heterocycles. The molecule has 0 atom stereocenters. The summed E-state index contributed by atoms with van der Waals surface area (Å²) >= 11 is 6.22. The number of hydrogen-bond acceptors (Lipinski definition) is 4. The van der Waals surface area contributed by atoms with Crippen LogP contribution in [0.4, 0.5) is 5.69 Å². The Morgan fingerprint density at radius 3 is 2.25 bits per heavy atom. The minimum Gasteiger partial charge on any atom is -0.321 e. The van der Waals surface area contributed by atoms with Crippen molar-refractivity contribution in [2.45, 2.75) is 18.7 Å². The number of likely N-dealkylation sites (N-methyl/N-ethyl adjacent to an activating group) is 1. The van der Waals surface area contributed by atoms with Gasteiger partial charge < -0.3 is 10.2 Å². The molecular weight excluding hydrogens is 398 g/mol. The Kier molecular flexibility index (Phi) is 6.09. The van der Waals surface area contributed by atoms with Gasteiger partial charge >= 0.3 is 0 Å². The van der Waals surface area contributed by atoms with Crippen molar-refractivity contribution in [2.75, 3.05) is 38.5 Å². The lowest BCUT2D eigenvalue weighted by Crippen LogP contribution is -2.47. The molecule has 0 bridgehead atoms. The summed E-state index contributed by atoms with van der Waals surface area (Å²) in [6, 6.07) is 9.99. The van der Waals surface area contributed by atoms with E-state index in [1.165, 1.54) is 22.5 Å². The molecule has 0 spiro atoms. The third kappa shape index (κ3) is 4.22. The van der Waals surface area contributed by atoms with Crippen LogP contribution in [0, 0.1) is 13.8 Å². The summed E-state index contributed by atoms with van der Waals surface area (Å²) < 4.78 is 27.4. The lowest BCUT2D eigenvalue weighted by molar-refractivity contribution is 0.102. The number of piperazine rings is 1. The van der Waals surface area contributed by atoms with E-state index in [4.69, 9.17) is 11.6 Å².